The number of halogens is 1. The fourth-order valence-corrected chi connectivity index (χ4v) is 5.23. The molecule has 2 unspecified atom stereocenters. The van der Waals surface area contributed by atoms with Gasteiger partial charge in [-0.2, -0.15) is 0 Å². The van der Waals surface area contributed by atoms with E-state index in [1.165, 1.54) is 44.2 Å². The van der Waals surface area contributed by atoms with Crippen LogP contribution in [0.2, 0.25) is 5.02 Å². The number of hydrogen-bond acceptors (Lipinski definition) is 4. The second-order valence-corrected chi connectivity index (χ2v) is 9.48. The SMILES string of the molecule is CCCC(O)(CC)CNCC=O.CN1CCc2cc(Cl)ccc2C1C1CCCCC1. The molecule has 2 atom stereocenters. The van der Waals surface area contributed by atoms with Crippen molar-refractivity contribution in [1.29, 1.82) is 0 Å². The molecule has 1 aliphatic carbocycles. The topological polar surface area (TPSA) is 52.6 Å². The first-order valence-corrected chi connectivity index (χ1v) is 12.2. The number of aliphatic hydroxyl groups is 1. The van der Waals surface area contributed by atoms with Crippen molar-refractivity contribution in [1.82, 2.24) is 10.2 Å². The Kier molecular flexibility index (Phi) is 10.8. The lowest BCUT2D eigenvalue weighted by Gasteiger charge is -2.41. The first-order chi connectivity index (χ1) is 14.4. The molecule has 0 radical (unpaired) electrons. The molecular formula is C25H41ClN2O2. The predicted octanol–water partition coefficient (Wildman–Crippen LogP) is 5.17. The molecule has 4 nitrogen and oxygen atoms in total. The minimum absolute atomic E-state index is 0.325. The van der Waals surface area contributed by atoms with Crippen LogP contribution in [0.3, 0.4) is 0 Å². The number of carbonyl (C=O) groups excluding carboxylic acids is 1. The Morgan fingerprint density at radius 3 is 2.63 bits per heavy atom. The Bertz CT molecular complexity index is 648. The van der Waals surface area contributed by atoms with Crippen LogP contribution in [0.4, 0.5) is 0 Å². The van der Waals surface area contributed by atoms with Gasteiger partial charge in [-0.05, 0) is 68.3 Å². The number of nitrogens with zero attached hydrogens (tertiary/aromatic N) is 1. The zero-order valence-electron chi connectivity index (χ0n) is 19.1. The van der Waals surface area contributed by atoms with Gasteiger partial charge in [0.05, 0.1) is 12.1 Å². The molecule has 3 rings (SSSR count). The zero-order valence-corrected chi connectivity index (χ0v) is 19.9. The summed E-state index contributed by atoms with van der Waals surface area (Å²) in [7, 11) is 2.29. The first kappa shape index (κ1) is 25.3. The molecule has 1 fully saturated rings. The van der Waals surface area contributed by atoms with E-state index >= 15 is 0 Å². The van der Waals surface area contributed by atoms with E-state index in [2.05, 4.69) is 35.5 Å². The van der Waals surface area contributed by atoms with Crippen molar-refractivity contribution in [2.24, 2.45) is 5.92 Å². The van der Waals surface area contributed by atoms with Crippen molar-refractivity contribution < 1.29 is 9.90 Å². The Hall–Kier alpha value is -0.940. The van der Waals surface area contributed by atoms with Gasteiger partial charge >= 0.3 is 0 Å². The summed E-state index contributed by atoms with van der Waals surface area (Å²) in [6.45, 7) is 6.01. The fourth-order valence-electron chi connectivity index (χ4n) is 5.04. The molecule has 1 aromatic carbocycles. The minimum Gasteiger partial charge on any atom is -0.389 e. The van der Waals surface area contributed by atoms with Crippen LogP contribution in [0.1, 0.15) is 82.4 Å². The quantitative estimate of drug-likeness (QED) is 0.436. The lowest BCUT2D eigenvalue weighted by molar-refractivity contribution is -0.107. The van der Waals surface area contributed by atoms with Crippen LogP contribution in [-0.2, 0) is 11.2 Å². The van der Waals surface area contributed by atoms with Crippen LogP contribution in [-0.4, -0.2) is 48.6 Å². The molecule has 2 N–H and O–H groups in total. The summed E-state index contributed by atoms with van der Waals surface area (Å²) in [5.74, 6) is 0.851. The molecule has 170 valence electrons. The number of nitrogens with one attached hydrogen (secondary N) is 1. The summed E-state index contributed by atoms with van der Waals surface area (Å²) in [4.78, 5) is 12.6. The summed E-state index contributed by atoms with van der Waals surface area (Å²) >= 11 is 6.13. The van der Waals surface area contributed by atoms with Crippen molar-refractivity contribution in [2.45, 2.75) is 83.3 Å². The maximum atomic E-state index is 9.99. The van der Waals surface area contributed by atoms with Gasteiger partial charge in [-0.1, -0.05) is 57.2 Å². The second-order valence-electron chi connectivity index (χ2n) is 9.04. The van der Waals surface area contributed by atoms with Crippen molar-refractivity contribution in [2.75, 3.05) is 26.7 Å². The van der Waals surface area contributed by atoms with E-state index in [1.807, 2.05) is 13.8 Å². The highest BCUT2D eigenvalue weighted by atomic mass is 35.5. The molecule has 2 aliphatic rings. The molecular weight excluding hydrogens is 396 g/mol. The van der Waals surface area contributed by atoms with Gasteiger partial charge in [0.1, 0.15) is 6.29 Å². The highest BCUT2D eigenvalue weighted by molar-refractivity contribution is 6.30. The molecule has 1 heterocycles. The first-order valence-electron chi connectivity index (χ1n) is 11.8. The predicted molar refractivity (Wildman–Crippen MR) is 126 cm³/mol. The molecule has 30 heavy (non-hydrogen) atoms. The molecule has 5 heteroatoms. The number of carbonyl (C=O) groups is 1. The van der Waals surface area contributed by atoms with Crippen molar-refractivity contribution in [3.63, 3.8) is 0 Å². The van der Waals surface area contributed by atoms with E-state index in [-0.39, 0.29) is 0 Å². The standard InChI is InChI=1S/C16H22ClN.C9H19NO2/c1-18-10-9-13-11-14(17)7-8-15(13)16(18)12-5-3-2-4-6-12;1-3-5-9(12,4-2)8-10-6-7-11/h7-8,11-12,16H,2-6,9-10H2,1H3;7,10,12H,3-6,8H2,1-2H3. The molecule has 0 saturated heterocycles. The number of hydrogen-bond donors (Lipinski definition) is 2. The van der Waals surface area contributed by atoms with Crippen LogP contribution in [0.25, 0.3) is 0 Å². The molecule has 1 aliphatic heterocycles. The maximum Gasteiger partial charge on any atom is 0.133 e. The Labute approximate surface area is 188 Å². The van der Waals surface area contributed by atoms with Crippen LogP contribution in [0.15, 0.2) is 18.2 Å². The smallest absolute Gasteiger partial charge is 0.133 e. The zero-order chi connectivity index (χ0) is 22.0. The molecule has 0 spiro atoms. The van der Waals surface area contributed by atoms with Gasteiger partial charge in [-0.25, -0.2) is 0 Å². The number of rotatable bonds is 8. The summed E-state index contributed by atoms with van der Waals surface area (Å²) in [6.07, 6.45) is 11.5. The van der Waals surface area contributed by atoms with Gasteiger partial charge in [0.15, 0.2) is 0 Å². The lowest BCUT2D eigenvalue weighted by Crippen LogP contribution is -2.40. The van der Waals surface area contributed by atoms with Gasteiger partial charge < -0.3 is 15.2 Å². The fraction of sp³-hybridized carbons (Fsp3) is 0.720. The van der Waals surface area contributed by atoms with E-state index in [1.54, 1.807) is 5.56 Å². The van der Waals surface area contributed by atoms with E-state index in [4.69, 9.17) is 11.6 Å². The highest BCUT2D eigenvalue weighted by Crippen LogP contribution is 2.41. The van der Waals surface area contributed by atoms with E-state index in [0.717, 1.165) is 42.9 Å². The van der Waals surface area contributed by atoms with Crippen molar-refractivity contribution in [3.05, 3.63) is 34.3 Å². The summed E-state index contributed by atoms with van der Waals surface area (Å²) in [6, 6.07) is 7.15. The summed E-state index contributed by atoms with van der Waals surface area (Å²) in [5, 5.41) is 13.7. The van der Waals surface area contributed by atoms with Crippen LogP contribution in [0, 0.1) is 5.92 Å². The summed E-state index contributed by atoms with van der Waals surface area (Å²) < 4.78 is 0. The normalized spacial score (nSPS) is 21.8. The lowest BCUT2D eigenvalue weighted by atomic mass is 9.77. The van der Waals surface area contributed by atoms with E-state index in [0.29, 0.717) is 19.1 Å². The third kappa shape index (κ3) is 7.33. The number of benzene rings is 1. The van der Waals surface area contributed by atoms with Gasteiger partial charge in [0.25, 0.3) is 0 Å². The van der Waals surface area contributed by atoms with Gasteiger partial charge in [0, 0.05) is 24.2 Å². The number of fused-ring (bicyclic) bond motifs is 1. The maximum absolute atomic E-state index is 9.99. The molecule has 0 bridgehead atoms. The third-order valence-corrected chi connectivity index (χ3v) is 7.02. The molecule has 1 aromatic rings. The van der Waals surface area contributed by atoms with Crippen molar-refractivity contribution in [3.8, 4) is 0 Å². The minimum atomic E-state index is -0.627. The third-order valence-electron chi connectivity index (χ3n) is 6.78. The number of aldehydes is 1. The Morgan fingerprint density at radius 1 is 1.27 bits per heavy atom. The van der Waals surface area contributed by atoms with Crippen molar-refractivity contribution >= 4 is 17.9 Å². The Balaban J connectivity index is 0.000000235. The molecule has 1 saturated carbocycles. The summed E-state index contributed by atoms with van der Waals surface area (Å²) in [5.41, 5.74) is 2.40. The van der Waals surface area contributed by atoms with E-state index in [9.17, 15) is 9.90 Å². The Morgan fingerprint density at radius 2 is 2.00 bits per heavy atom. The van der Waals surface area contributed by atoms with E-state index < -0.39 is 5.60 Å². The largest absolute Gasteiger partial charge is 0.389 e. The van der Waals surface area contributed by atoms with Gasteiger partial charge in [0.2, 0.25) is 0 Å². The van der Waals surface area contributed by atoms with Gasteiger partial charge in [-0.3, -0.25) is 4.90 Å². The highest BCUT2D eigenvalue weighted by Gasteiger charge is 2.32. The average molecular weight is 437 g/mol. The number of likely N-dealkylation sites (N-methyl/N-ethyl adjacent to an activating group) is 1. The molecule has 0 amide bonds. The second kappa shape index (κ2) is 12.8. The van der Waals surface area contributed by atoms with Crippen LogP contribution < -0.4 is 5.32 Å². The average Bonchev–Trinajstić information content (AvgIpc) is 2.75. The van der Waals surface area contributed by atoms with Crippen LogP contribution >= 0.6 is 11.6 Å². The monoisotopic (exact) mass is 436 g/mol. The molecule has 0 aromatic heterocycles. The van der Waals surface area contributed by atoms with Gasteiger partial charge in [-0.15, -0.1) is 0 Å². The van der Waals surface area contributed by atoms with Crippen LogP contribution in [0.5, 0.6) is 0 Å².